The summed E-state index contributed by atoms with van der Waals surface area (Å²) in [5.41, 5.74) is -2.49. The maximum atomic E-state index is 14.3. The van der Waals surface area contributed by atoms with Crippen LogP contribution in [0.5, 0.6) is 0 Å². The van der Waals surface area contributed by atoms with Gasteiger partial charge in [-0.1, -0.05) is 48.4 Å². The van der Waals surface area contributed by atoms with E-state index in [2.05, 4.69) is 0 Å². The molecule has 0 heterocycles. The van der Waals surface area contributed by atoms with Gasteiger partial charge in [0.05, 0.1) is 18.6 Å². The first-order chi connectivity index (χ1) is 20.7. The molecule has 1 unspecified atom stereocenters. The Morgan fingerprint density at radius 1 is 0.705 bits per heavy atom. The number of nitro benzene ring substituents is 2. The molecule has 0 saturated carbocycles. The van der Waals surface area contributed by atoms with Crippen molar-refractivity contribution < 1.29 is 32.5 Å². The third kappa shape index (κ3) is 8.29. The topological polar surface area (TPSA) is 113 Å². The van der Waals surface area contributed by atoms with Crippen LogP contribution in [-0.2, 0) is 10.3 Å². The van der Waals surface area contributed by atoms with Crippen LogP contribution in [-0.4, -0.2) is 36.8 Å². The second-order valence-electron chi connectivity index (χ2n) is 9.83. The Hall–Kier alpha value is -4.10. The van der Waals surface area contributed by atoms with Crippen LogP contribution < -0.4 is 0 Å². The van der Waals surface area contributed by atoms with E-state index in [-0.39, 0.29) is 34.5 Å². The Morgan fingerprint density at radius 3 is 1.41 bits per heavy atom. The van der Waals surface area contributed by atoms with Crippen molar-refractivity contribution in [2.75, 3.05) is 6.23 Å². The molecule has 4 rings (SSSR count). The molecule has 0 N–H and O–H groups in total. The van der Waals surface area contributed by atoms with Crippen molar-refractivity contribution in [3.8, 4) is 0 Å². The summed E-state index contributed by atoms with van der Waals surface area (Å²) in [5, 5.41) is 22.2. The summed E-state index contributed by atoms with van der Waals surface area (Å²) in [4.78, 5) is 32.2. The number of rotatable bonds is 9. The van der Waals surface area contributed by atoms with E-state index in [0.29, 0.717) is 21.2 Å². The van der Waals surface area contributed by atoms with Gasteiger partial charge in [0.25, 0.3) is 11.4 Å². The number of alkyl halides is 3. The SMILES string of the molecule is C[SiH](C)COC(c1ccc(Cl)cc1)(c1ccc([N+](=O)[O-])cc1)C(F)(F)F.O=C(c1ccc(Cl)cc1)c1ccc([N+](=O)[O-])cc1. The fourth-order valence-electron chi connectivity index (χ4n) is 4.04. The van der Waals surface area contributed by atoms with Crippen LogP contribution in [0.25, 0.3) is 0 Å². The number of hydrogen-bond donors (Lipinski definition) is 0. The highest BCUT2D eigenvalue weighted by Gasteiger charge is 2.58. The maximum absolute atomic E-state index is 14.3. The van der Waals surface area contributed by atoms with Gasteiger partial charge in [0.1, 0.15) is 0 Å². The first-order valence-electron chi connectivity index (χ1n) is 12.9. The van der Waals surface area contributed by atoms with Gasteiger partial charge in [0, 0.05) is 51.7 Å². The van der Waals surface area contributed by atoms with Crippen molar-refractivity contribution in [2.45, 2.75) is 24.9 Å². The molecule has 4 aromatic rings. The molecule has 4 aromatic carbocycles. The highest BCUT2D eigenvalue weighted by Crippen LogP contribution is 2.48. The van der Waals surface area contributed by atoms with Gasteiger partial charge in [-0.25, -0.2) is 0 Å². The second-order valence-corrected chi connectivity index (χ2v) is 13.8. The molecule has 0 aliphatic carbocycles. The maximum Gasteiger partial charge on any atom is 0.425 e. The number of halogens is 5. The normalized spacial score (nSPS) is 12.5. The monoisotopic (exact) mass is 664 g/mol. The van der Waals surface area contributed by atoms with Crippen LogP contribution >= 0.6 is 23.2 Å². The highest BCUT2D eigenvalue weighted by molar-refractivity contribution is 6.55. The van der Waals surface area contributed by atoms with Crippen molar-refractivity contribution in [3.05, 3.63) is 150 Å². The molecule has 8 nitrogen and oxygen atoms in total. The number of carbonyl (C=O) groups excluding carboxylic acids is 1. The van der Waals surface area contributed by atoms with Crippen LogP contribution in [0.15, 0.2) is 97.1 Å². The van der Waals surface area contributed by atoms with Crippen LogP contribution in [0.3, 0.4) is 0 Å². The minimum atomic E-state index is -4.78. The highest BCUT2D eigenvalue weighted by atomic mass is 35.5. The van der Waals surface area contributed by atoms with Crippen LogP contribution in [0.1, 0.15) is 27.0 Å². The van der Waals surface area contributed by atoms with E-state index in [1.165, 1.54) is 48.5 Å². The summed E-state index contributed by atoms with van der Waals surface area (Å²) in [6.45, 7) is 3.75. The predicted molar refractivity (Wildman–Crippen MR) is 164 cm³/mol. The Bertz CT molecular complexity index is 1600. The van der Waals surface area contributed by atoms with Crippen molar-refractivity contribution in [1.29, 1.82) is 0 Å². The van der Waals surface area contributed by atoms with Crippen molar-refractivity contribution in [3.63, 3.8) is 0 Å². The summed E-state index contributed by atoms with van der Waals surface area (Å²) in [5.74, 6) is -0.193. The van der Waals surface area contributed by atoms with Gasteiger partial charge < -0.3 is 4.74 Å². The van der Waals surface area contributed by atoms with E-state index >= 15 is 0 Å². The van der Waals surface area contributed by atoms with Gasteiger partial charge in [-0.05, 0) is 71.8 Å². The molecule has 44 heavy (non-hydrogen) atoms. The number of nitrogens with zero attached hydrogens (tertiary/aromatic N) is 2. The van der Waals surface area contributed by atoms with Gasteiger partial charge in [-0.3, -0.25) is 25.0 Å². The van der Waals surface area contributed by atoms with E-state index in [0.717, 1.165) is 24.3 Å². The molecule has 0 aromatic heterocycles. The van der Waals surface area contributed by atoms with Gasteiger partial charge in [-0.2, -0.15) is 13.2 Å². The Kier molecular flexibility index (Phi) is 11.4. The van der Waals surface area contributed by atoms with E-state index < -0.39 is 30.4 Å². The van der Waals surface area contributed by atoms with Gasteiger partial charge in [0.15, 0.2) is 5.78 Å². The third-order valence-electron chi connectivity index (χ3n) is 6.21. The van der Waals surface area contributed by atoms with E-state index in [1.807, 2.05) is 13.1 Å². The lowest BCUT2D eigenvalue weighted by Gasteiger charge is -2.37. The van der Waals surface area contributed by atoms with Gasteiger partial charge in [0.2, 0.25) is 5.60 Å². The molecule has 0 radical (unpaired) electrons. The minimum Gasteiger partial charge on any atom is -0.360 e. The van der Waals surface area contributed by atoms with E-state index in [1.54, 1.807) is 24.3 Å². The van der Waals surface area contributed by atoms with Crippen molar-refractivity contribution >= 4 is 49.2 Å². The molecule has 14 heteroatoms. The third-order valence-corrected chi connectivity index (χ3v) is 7.55. The van der Waals surface area contributed by atoms with Crippen LogP contribution in [0, 0.1) is 20.2 Å². The molecule has 0 aliphatic rings. The van der Waals surface area contributed by atoms with Gasteiger partial charge >= 0.3 is 6.18 Å². The number of ketones is 1. The van der Waals surface area contributed by atoms with E-state index in [4.69, 9.17) is 27.9 Å². The van der Waals surface area contributed by atoms with Gasteiger partial charge in [-0.15, -0.1) is 0 Å². The molecule has 0 amide bonds. The average Bonchev–Trinajstić information content (AvgIpc) is 2.98. The largest absolute Gasteiger partial charge is 0.425 e. The fraction of sp³-hybridized carbons (Fsp3) is 0.167. The molecule has 230 valence electrons. The molecule has 0 saturated heterocycles. The fourth-order valence-corrected chi connectivity index (χ4v) is 4.87. The zero-order valence-corrected chi connectivity index (χ0v) is 25.9. The lowest BCUT2D eigenvalue weighted by molar-refractivity contribution is -0.385. The second kappa shape index (κ2) is 14.6. The van der Waals surface area contributed by atoms with E-state index in [9.17, 15) is 38.2 Å². The zero-order valence-electron chi connectivity index (χ0n) is 23.3. The van der Waals surface area contributed by atoms with Crippen molar-refractivity contribution in [2.24, 2.45) is 0 Å². The van der Waals surface area contributed by atoms with Crippen LogP contribution in [0.4, 0.5) is 24.5 Å². The first-order valence-corrected chi connectivity index (χ1v) is 16.8. The molecular formula is C30H25Cl2F3N2O6Si. The minimum absolute atomic E-state index is 0.0148. The molecule has 0 bridgehead atoms. The van der Waals surface area contributed by atoms with Crippen LogP contribution in [0.2, 0.25) is 23.1 Å². The quantitative estimate of drug-likeness (QED) is 0.0766. The zero-order chi connectivity index (χ0) is 32.7. The number of hydrogen-bond acceptors (Lipinski definition) is 6. The molecule has 0 spiro atoms. The lowest BCUT2D eigenvalue weighted by Crippen LogP contribution is -2.47. The summed E-state index contributed by atoms with van der Waals surface area (Å²) in [6, 6.07) is 21.5. The standard InChI is InChI=1S/C17H17ClF3NO3Si.C13H8ClNO3/c1-26(2)11-25-16(17(19,20)21,12-3-7-14(18)8-4-12)13-5-9-15(10-6-13)22(23)24;14-11-5-1-9(2-6-11)13(16)10-3-7-12(8-4-10)15(17)18/h3-10,26H,11H2,1-2H3;1-8H. The summed E-state index contributed by atoms with van der Waals surface area (Å²) in [6.07, 6.45) is -4.79. The molecule has 0 fully saturated rings. The molecular weight excluding hydrogens is 640 g/mol. The summed E-state index contributed by atoms with van der Waals surface area (Å²) in [7, 11) is -1.48. The summed E-state index contributed by atoms with van der Waals surface area (Å²) < 4.78 is 48.3. The number of nitro groups is 2. The predicted octanol–water partition coefficient (Wildman–Crippen LogP) is 8.58. The van der Waals surface area contributed by atoms with Crippen molar-refractivity contribution in [1.82, 2.24) is 0 Å². The number of non-ortho nitro benzene ring substituents is 2. The number of benzene rings is 4. The number of carbonyl (C=O) groups is 1. The molecule has 0 aliphatic heterocycles. The first kappa shape index (κ1) is 34.4. The Labute approximate surface area is 261 Å². The smallest absolute Gasteiger partial charge is 0.360 e. The Balaban J connectivity index is 0.000000257. The molecule has 1 atom stereocenters. The summed E-state index contributed by atoms with van der Waals surface area (Å²) >= 11 is 11.5. The average molecular weight is 666 g/mol. The Morgan fingerprint density at radius 2 is 1.05 bits per heavy atom. The number of ether oxygens (including phenoxy) is 1. The lowest BCUT2D eigenvalue weighted by atomic mass is 9.85.